The topological polar surface area (TPSA) is 69.7 Å². The first-order valence-corrected chi connectivity index (χ1v) is 15.2. The van der Waals surface area contributed by atoms with E-state index in [1.165, 1.54) is 0 Å². The Bertz CT molecular complexity index is 1170. The maximum absolute atomic E-state index is 13.4. The Morgan fingerprint density at radius 2 is 1.35 bits per heavy atom. The molecule has 0 spiro atoms. The van der Waals surface area contributed by atoms with Gasteiger partial charge in [-0.05, 0) is 36.4 Å². The molecule has 6 nitrogen and oxygen atoms in total. The van der Waals surface area contributed by atoms with Crippen LogP contribution in [0.2, 0.25) is 0 Å². The zero-order valence-corrected chi connectivity index (χ0v) is 23.3. The first-order chi connectivity index (χ1) is 17.6. The van der Waals surface area contributed by atoms with E-state index in [2.05, 4.69) is 5.32 Å². The molecule has 0 aromatic heterocycles. The van der Waals surface area contributed by atoms with Crippen molar-refractivity contribution in [2.24, 2.45) is 0 Å². The summed E-state index contributed by atoms with van der Waals surface area (Å²) in [5.74, 6) is -0.512. The fourth-order valence-corrected chi connectivity index (χ4v) is 5.26. The molecule has 0 heterocycles. The van der Waals surface area contributed by atoms with Crippen LogP contribution in [0.25, 0.3) is 0 Å². The van der Waals surface area contributed by atoms with Crippen molar-refractivity contribution in [3.63, 3.8) is 0 Å². The molecular weight excluding hydrogens is 481 g/mol. The molecule has 0 aliphatic rings. The van der Waals surface area contributed by atoms with Gasteiger partial charge >= 0.3 is 6.03 Å². The van der Waals surface area contributed by atoms with Gasteiger partial charge in [0.2, 0.25) is 5.91 Å². The summed E-state index contributed by atoms with van der Waals surface area (Å²) in [7, 11) is 1.23. The van der Waals surface area contributed by atoms with E-state index in [0.29, 0.717) is 19.5 Å². The van der Waals surface area contributed by atoms with E-state index in [9.17, 15) is 14.2 Å². The smallest absolute Gasteiger partial charge is 0.320 e. The summed E-state index contributed by atoms with van der Waals surface area (Å²) in [6.07, 6.45) is 0.703. The summed E-state index contributed by atoms with van der Waals surface area (Å²) in [5.41, 5.74) is 2.82. The van der Waals surface area contributed by atoms with Crippen molar-refractivity contribution in [1.82, 2.24) is 15.1 Å². The molecule has 0 unspecified atom stereocenters. The Morgan fingerprint density at radius 3 is 1.81 bits per heavy atom. The quantitative estimate of drug-likeness (QED) is 0.377. The van der Waals surface area contributed by atoms with Crippen LogP contribution in [-0.4, -0.2) is 61.7 Å². The number of benzene rings is 3. The Balaban J connectivity index is 1.64. The summed E-state index contributed by atoms with van der Waals surface area (Å²) in [6, 6.07) is 26.8. The van der Waals surface area contributed by atoms with Gasteiger partial charge in [-0.2, -0.15) is 0 Å². The number of hydrogen-bond donors (Lipinski definition) is 1. The van der Waals surface area contributed by atoms with E-state index in [1.54, 1.807) is 37.2 Å². The third-order valence-corrected chi connectivity index (χ3v) is 8.21. The van der Waals surface area contributed by atoms with Crippen LogP contribution in [0.5, 0.6) is 0 Å². The number of nitrogens with zero attached hydrogens (tertiary/aromatic N) is 2. The van der Waals surface area contributed by atoms with Gasteiger partial charge in [0.1, 0.15) is 7.14 Å². The summed E-state index contributed by atoms with van der Waals surface area (Å²) in [4.78, 5) is 29.9. The van der Waals surface area contributed by atoms with Crippen molar-refractivity contribution in [2.75, 3.05) is 34.0 Å². The molecule has 1 atom stereocenters. The van der Waals surface area contributed by atoms with Crippen molar-refractivity contribution >= 4 is 24.4 Å². The Hall–Kier alpha value is -3.37. The number of nitrogens with one attached hydrogen (secondary N) is 1. The van der Waals surface area contributed by atoms with Crippen LogP contribution in [0.1, 0.15) is 36.0 Å². The van der Waals surface area contributed by atoms with Gasteiger partial charge in [0.25, 0.3) is 0 Å². The maximum Gasteiger partial charge on any atom is 0.320 e. The van der Waals surface area contributed by atoms with Crippen molar-refractivity contribution < 1.29 is 14.2 Å². The Labute approximate surface area is 221 Å². The SMILES string of the molecule is CC[C@@H](CNC(=O)C(c1ccccc1)c1ccccc1)N(C)C(=O)N(C)Cc1ccc(P(C)(C)=O)cc1. The van der Waals surface area contributed by atoms with Crippen molar-refractivity contribution in [3.8, 4) is 0 Å². The molecule has 0 bridgehead atoms. The van der Waals surface area contributed by atoms with E-state index < -0.39 is 13.1 Å². The zero-order chi connectivity index (χ0) is 27.0. The first-order valence-electron chi connectivity index (χ1n) is 12.6. The summed E-state index contributed by atoms with van der Waals surface area (Å²) in [6.45, 7) is 6.31. The van der Waals surface area contributed by atoms with E-state index in [1.807, 2.05) is 91.9 Å². The Morgan fingerprint density at radius 1 is 0.838 bits per heavy atom. The number of rotatable bonds is 10. The number of carbonyl (C=O) groups is 2. The van der Waals surface area contributed by atoms with Crippen LogP contribution in [0, 0.1) is 0 Å². The minimum Gasteiger partial charge on any atom is -0.353 e. The van der Waals surface area contributed by atoms with E-state index in [4.69, 9.17) is 0 Å². The lowest BCUT2D eigenvalue weighted by Gasteiger charge is -2.32. The van der Waals surface area contributed by atoms with Gasteiger partial charge < -0.3 is 19.7 Å². The highest BCUT2D eigenvalue weighted by Crippen LogP contribution is 2.34. The fourth-order valence-electron chi connectivity index (χ4n) is 4.39. The molecule has 37 heavy (non-hydrogen) atoms. The first kappa shape index (κ1) is 28.2. The summed E-state index contributed by atoms with van der Waals surface area (Å²) >= 11 is 0. The fraction of sp³-hybridized carbons (Fsp3) is 0.333. The molecule has 3 aromatic rings. The largest absolute Gasteiger partial charge is 0.353 e. The minimum atomic E-state index is -2.31. The predicted octanol–water partition coefficient (Wildman–Crippen LogP) is 5.15. The van der Waals surface area contributed by atoms with Crippen LogP contribution in [0.3, 0.4) is 0 Å². The van der Waals surface area contributed by atoms with Gasteiger partial charge in [-0.15, -0.1) is 0 Å². The normalized spacial score (nSPS) is 12.2. The molecule has 3 amide bonds. The van der Waals surface area contributed by atoms with E-state index in [0.717, 1.165) is 22.0 Å². The van der Waals surface area contributed by atoms with Crippen LogP contribution in [0.15, 0.2) is 84.9 Å². The second-order valence-corrected chi connectivity index (χ2v) is 13.0. The standard InChI is InChI=1S/C30H38N3O3P/c1-6-26(33(3)30(35)32(2)22-23-17-19-27(20-18-23)37(4,5)36)21-31-29(34)28(24-13-9-7-10-14-24)25-15-11-8-12-16-25/h7-20,26,28H,6,21-22H2,1-5H3,(H,31,34)/t26-/m0/s1. The lowest BCUT2D eigenvalue weighted by molar-refractivity contribution is -0.121. The van der Waals surface area contributed by atoms with Crippen LogP contribution >= 0.6 is 7.14 Å². The maximum atomic E-state index is 13.4. The lowest BCUT2D eigenvalue weighted by atomic mass is 9.90. The van der Waals surface area contributed by atoms with Crippen molar-refractivity contribution in [3.05, 3.63) is 102 Å². The number of carbonyl (C=O) groups excluding carboxylic acids is 2. The number of likely N-dealkylation sites (N-methyl/N-ethyl adjacent to an activating group) is 1. The third kappa shape index (κ3) is 7.56. The van der Waals surface area contributed by atoms with Crippen LogP contribution < -0.4 is 10.6 Å². The van der Waals surface area contributed by atoms with Gasteiger partial charge in [0.05, 0.1) is 12.0 Å². The minimum absolute atomic E-state index is 0.0886. The van der Waals surface area contributed by atoms with E-state index >= 15 is 0 Å². The molecule has 0 aliphatic heterocycles. The predicted molar refractivity (Wildman–Crippen MR) is 152 cm³/mol. The number of urea groups is 1. The van der Waals surface area contributed by atoms with Gasteiger partial charge in [-0.25, -0.2) is 4.79 Å². The molecule has 196 valence electrons. The monoisotopic (exact) mass is 519 g/mol. The average Bonchev–Trinajstić information content (AvgIpc) is 2.89. The van der Waals surface area contributed by atoms with Crippen molar-refractivity contribution in [2.45, 2.75) is 31.8 Å². The lowest BCUT2D eigenvalue weighted by Crippen LogP contribution is -2.49. The van der Waals surface area contributed by atoms with Crippen LogP contribution in [0.4, 0.5) is 4.79 Å². The average molecular weight is 520 g/mol. The molecule has 0 aliphatic carbocycles. The summed E-state index contributed by atoms with van der Waals surface area (Å²) < 4.78 is 12.3. The number of amides is 3. The van der Waals surface area contributed by atoms with Crippen molar-refractivity contribution in [1.29, 1.82) is 0 Å². The molecule has 0 saturated heterocycles. The molecule has 0 fully saturated rings. The molecule has 0 saturated carbocycles. The summed E-state index contributed by atoms with van der Waals surface area (Å²) in [5, 5.41) is 3.92. The van der Waals surface area contributed by atoms with Gasteiger partial charge in [-0.3, -0.25) is 4.79 Å². The van der Waals surface area contributed by atoms with E-state index in [-0.39, 0.29) is 18.0 Å². The molecular formula is C30H38N3O3P. The highest BCUT2D eigenvalue weighted by molar-refractivity contribution is 7.70. The molecule has 0 radical (unpaired) electrons. The molecule has 3 rings (SSSR count). The van der Waals surface area contributed by atoms with Gasteiger partial charge in [0.15, 0.2) is 0 Å². The second-order valence-electron chi connectivity index (χ2n) is 9.83. The highest BCUT2D eigenvalue weighted by Gasteiger charge is 2.26. The van der Waals surface area contributed by atoms with Crippen LogP contribution in [-0.2, 0) is 15.9 Å². The highest BCUT2D eigenvalue weighted by atomic mass is 31.2. The molecule has 7 heteroatoms. The molecule has 3 aromatic carbocycles. The third-order valence-electron chi connectivity index (χ3n) is 6.67. The van der Waals surface area contributed by atoms with Gasteiger partial charge in [-0.1, -0.05) is 91.9 Å². The second kappa shape index (κ2) is 12.7. The Kier molecular flexibility index (Phi) is 9.71. The molecule has 1 N–H and O–H groups in total. The zero-order valence-electron chi connectivity index (χ0n) is 22.4. The van der Waals surface area contributed by atoms with Gasteiger partial charge in [0, 0.05) is 32.5 Å². The number of hydrogen-bond acceptors (Lipinski definition) is 3.